The molecular weight excluding hydrogens is 473 g/mol. The molecule has 2 aromatic heterocycles. The van der Waals surface area contributed by atoms with Crippen LogP contribution in [0.25, 0.3) is 0 Å². The van der Waals surface area contributed by atoms with E-state index in [1.54, 1.807) is 6.92 Å². The Morgan fingerprint density at radius 1 is 1.41 bits per heavy atom. The van der Waals surface area contributed by atoms with Crippen LogP contribution in [0.15, 0.2) is 16.1 Å². The Balaban J connectivity index is 1.52. The lowest BCUT2D eigenvalue weighted by atomic mass is 9.90. The van der Waals surface area contributed by atoms with E-state index in [9.17, 15) is 22.8 Å². The van der Waals surface area contributed by atoms with Crippen molar-refractivity contribution in [3.8, 4) is 5.88 Å². The van der Waals surface area contributed by atoms with Crippen LogP contribution in [-0.4, -0.2) is 53.0 Å². The average molecular weight is 497 g/mol. The Hall–Kier alpha value is -2.98. The number of ether oxygens (including phenoxy) is 2. The molecule has 2 aromatic rings. The highest BCUT2D eigenvalue weighted by Crippen LogP contribution is 2.39. The van der Waals surface area contributed by atoms with Crippen LogP contribution in [0.2, 0.25) is 0 Å². The number of thiophene rings is 1. The maximum atomic E-state index is 13.3. The first-order valence-electron chi connectivity index (χ1n) is 10.9. The van der Waals surface area contributed by atoms with Gasteiger partial charge in [-0.1, -0.05) is 0 Å². The molecule has 0 saturated heterocycles. The SMILES string of the molecule is CCOC(=O)c1c(CC(=O)[C@H]2C[C@@H]2F)sc2c1C[C@@H](N=C=Nc1cc(OC(F)F)nn1C)CC2. The number of halogens is 3. The number of Topliss-reactive ketones (excluding diaryl/α,β-unsaturated/α-hetero) is 1. The van der Waals surface area contributed by atoms with Crippen LogP contribution in [0.5, 0.6) is 5.88 Å². The highest BCUT2D eigenvalue weighted by molar-refractivity contribution is 7.12. The van der Waals surface area contributed by atoms with Gasteiger partial charge in [-0.15, -0.1) is 16.4 Å². The Labute approximate surface area is 197 Å². The number of aryl methyl sites for hydroxylation is 2. The number of rotatable bonds is 9. The number of carbonyl (C=O) groups is 2. The molecule has 2 aliphatic rings. The van der Waals surface area contributed by atoms with Gasteiger partial charge in [-0.25, -0.2) is 18.9 Å². The van der Waals surface area contributed by atoms with Crippen LogP contribution in [0, 0.1) is 5.92 Å². The molecule has 1 saturated carbocycles. The fourth-order valence-electron chi connectivity index (χ4n) is 3.93. The second kappa shape index (κ2) is 10.1. The van der Waals surface area contributed by atoms with Gasteiger partial charge < -0.3 is 9.47 Å². The standard InChI is InChI=1S/C22H23F3N4O4S/c1-3-32-21(31)20-13-6-11(26-10-27-18-9-19(28-29(18)2)33-22(24)25)4-5-16(13)34-17(20)8-15(30)12-7-14(12)23/h9,11-12,14,22H,3-8H2,1-2H3/t11-,12-,14-/m0/s1. The minimum atomic E-state index is -2.99. The van der Waals surface area contributed by atoms with Crippen LogP contribution >= 0.6 is 11.3 Å². The number of aromatic nitrogens is 2. The lowest BCUT2D eigenvalue weighted by molar-refractivity contribution is -0.119. The maximum Gasteiger partial charge on any atom is 0.388 e. The zero-order chi connectivity index (χ0) is 24.4. The van der Waals surface area contributed by atoms with Crippen LogP contribution in [-0.2, 0) is 35.8 Å². The molecule has 0 aromatic carbocycles. The van der Waals surface area contributed by atoms with Crippen molar-refractivity contribution in [3.63, 3.8) is 0 Å². The summed E-state index contributed by atoms with van der Waals surface area (Å²) in [5.41, 5.74) is 1.19. The Bertz CT molecular complexity index is 1160. The maximum absolute atomic E-state index is 13.3. The summed E-state index contributed by atoms with van der Waals surface area (Å²) >= 11 is 1.41. The second-order valence-corrected chi connectivity index (χ2v) is 9.29. The Kier molecular flexibility index (Phi) is 7.18. The molecular formula is C22H23F3N4O4S. The van der Waals surface area contributed by atoms with E-state index in [0.29, 0.717) is 29.7 Å². The largest absolute Gasteiger partial charge is 0.462 e. The quantitative estimate of drug-likeness (QED) is 0.385. The molecule has 3 atom stereocenters. The molecule has 0 bridgehead atoms. The van der Waals surface area contributed by atoms with Crippen molar-refractivity contribution in [2.24, 2.45) is 23.0 Å². The summed E-state index contributed by atoms with van der Waals surface area (Å²) in [7, 11) is 1.53. The van der Waals surface area contributed by atoms with Gasteiger partial charge >= 0.3 is 12.6 Å². The van der Waals surface area contributed by atoms with Crippen molar-refractivity contribution in [3.05, 3.63) is 26.9 Å². The summed E-state index contributed by atoms with van der Waals surface area (Å²) in [5.74, 6) is -1.27. The number of esters is 1. The summed E-state index contributed by atoms with van der Waals surface area (Å²) in [6.07, 6.45) is 0.979. The lowest BCUT2D eigenvalue weighted by Crippen LogP contribution is -2.19. The van der Waals surface area contributed by atoms with E-state index in [0.717, 1.165) is 10.4 Å². The molecule has 0 aliphatic heterocycles. The van der Waals surface area contributed by atoms with E-state index in [2.05, 4.69) is 25.8 Å². The van der Waals surface area contributed by atoms with E-state index in [-0.39, 0.29) is 43.0 Å². The summed E-state index contributed by atoms with van der Waals surface area (Å²) in [6, 6.07) is 3.62. The number of hydrogen-bond donors (Lipinski definition) is 0. The van der Waals surface area contributed by atoms with Gasteiger partial charge in [0.15, 0.2) is 5.82 Å². The fourth-order valence-corrected chi connectivity index (χ4v) is 5.28. The molecule has 12 heteroatoms. The van der Waals surface area contributed by atoms with E-state index in [4.69, 9.17) is 4.74 Å². The molecule has 2 aliphatic carbocycles. The smallest absolute Gasteiger partial charge is 0.388 e. The minimum Gasteiger partial charge on any atom is -0.462 e. The summed E-state index contributed by atoms with van der Waals surface area (Å²) in [5, 5.41) is 3.78. The minimum absolute atomic E-state index is 0.0236. The van der Waals surface area contributed by atoms with Gasteiger partial charge in [0.1, 0.15) is 12.0 Å². The van der Waals surface area contributed by atoms with Gasteiger partial charge in [0, 0.05) is 29.3 Å². The third-order valence-electron chi connectivity index (χ3n) is 5.70. The predicted molar refractivity (Wildman–Crippen MR) is 117 cm³/mol. The molecule has 0 unspecified atom stereocenters. The molecule has 0 amide bonds. The van der Waals surface area contributed by atoms with Crippen LogP contribution in [0.4, 0.5) is 19.0 Å². The van der Waals surface area contributed by atoms with E-state index in [1.165, 1.54) is 29.1 Å². The number of nitrogens with zero attached hydrogens (tertiary/aromatic N) is 4. The summed E-state index contributed by atoms with van der Waals surface area (Å²) < 4.78 is 48.8. The molecule has 2 heterocycles. The van der Waals surface area contributed by atoms with Crippen molar-refractivity contribution >= 4 is 34.9 Å². The Morgan fingerprint density at radius 2 is 2.18 bits per heavy atom. The number of aliphatic imine (C=N–C) groups is 2. The molecule has 0 spiro atoms. The van der Waals surface area contributed by atoms with Crippen molar-refractivity contribution in [2.45, 2.75) is 57.9 Å². The zero-order valence-electron chi connectivity index (χ0n) is 18.6. The van der Waals surface area contributed by atoms with Gasteiger partial charge in [0.05, 0.1) is 30.1 Å². The molecule has 34 heavy (non-hydrogen) atoms. The Morgan fingerprint density at radius 3 is 2.85 bits per heavy atom. The molecule has 8 nitrogen and oxygen atoms in total. The van der Waals surface area contributed by atoms with Gasteiger partial charge in [-0.3, -0.25) is 4.79 Å². The van der Waals surface area contributed by atoms with Crippen molar-refractivity contribution < 1.29 is 32.2 Å². The number of ketones is 1. The van der Waals surface area contributed by atoms with E-state index < -0.39 is 24.7 Å². The van der Waals surface area contributed by atoms with Gasteiger partial charge in [0.2, 0.25) is 5.88 Å². The van der Waals surface area contributed by atoms with Gasteiger partial charge in [-0.05, 0) is 38.2 Å². The van der Waals surface area contributed by atoms with Gasteiger partial charge in [0.25, 0.3) is 0 Å². The highest BCUT2D eigenvalue weighted by atomic mass is 32.1. The molecule has 0 radical (unpaired) electrons. The normalized spacial score (nSPS) is 20.9. The van der Waals surface area contributed by atoms with Crippen molar-refractivity contribution in [1.82, 2.24) is 9.78 Å². The number of fused-ring (bicyclic) bond motifs is 1. The first-order chi connectivity index (χ1) is 16.3. The topological polar surface area (TPSA) is 95.1 Å². The zero-order valence-corrected chi connectivity index (χ0v) is 19.4. The third kappa shape index (κ3) is 5.39. The van der Waals surface area contributed by atoms with Crippen molar-refractivity contribution in [2.75, 3.05) is 6.61 Å². The van der Waals surface area contributed by atoms with Gasteiger partial charge in [-0.2, -0.15) is 13.8 Å². The monoisotopic (exact) mass is 496 g/mol. The average Bonchev–Trinajstić information content (AvgIpc) is 3.25. The third-order valence-corrected chi connectivity index (χ3v) is 6.99. The molecule has 0 N–H and O–H groups in total. The number of carbonyl (C=O) groups excluding carboxylic acids is 2. The van der Waals surface area contributed by atoms with Crippen LogP contribution in [0.1, 0.15) is 45.4 Å². The lowest BCUT2D eigenvalue weighted by Gasteiger charge is -2.18. The summed E-state index contributed by atoms with van der Waals surface area (Å²) in [6.45, 7) is -1.08. The molecule has 4 rings (SSSR count). The van der Waals surface area contributed by atoms with E-state index in [1.807, 2.05) is 0 Å². The first-order valence-corrected chi connectivity index (χ1v) is 11.7. The first kappa shape index (κ1) is 24.2. The summed E-state index contributed by atoms with van der Waals surface area (Å²) in [4.78, 5) is 35.1. The van der Waals surface area contributed by atoms with E-state index >= 15 is 0 Å². The second-order valence-electron chi connectivity index (χ2n) is 8.10. The van der Waals surface area contributed by atoms with Crippen LogP contribution in [0.3, 0.4) is 0 Å². The number of alkyl halides is 3. The van der Waals surface area contributed by atoms with Crippen LogP contribution < -0.4 is 4.74 Å². The number of hydrogen-bond acceptors (Lipinski definition) is 8. The predicted octanol–water partition coefficient (Wildman–Crippen LogP) is 4.09. The highest BCUT2D eigenvalue weighted by Gasteiger charge is 2.43. The molecule has 182 valence electrons. The molecule has 1 fully saturated rings. The van der Waals surface area contributed by atoms with Crippen molar-refractivity contribution in [1.29, 1.82) is 0 Å². The fraction of sp³-hybridized carbons (Fsp3) is 0.545.